The fourth-order valence-electron chi connectivity index (χ4n) is 1.25. The molecule has 0 spiro atoms. The Morgan fingerprint density at radius 1 is 1.50 bits per heavy atom. The summed E-state index contributed by atoms with van der Waals surface area (Å²) in [7, 11) is 0. The van der Waals surface area contributed by atoms with Crippen molar-refractivity contribution in [2.24, 2.45) is 0 Å². The van der Waals surface area contributed by atoms with E-state index in [4.69, 9.17) is 16.3 Å². The third-order valence-electron chi connectivity index (χ3n) is 2.05. The maximum atomic E-state index is 5.84. The van der Waals surface area contributed by atoms with Gasteiger partial charge in [-0.2, -0.15) is 0 Å². The Morgan fingerprint density at radius 3 is 3.00 bits per heavy atom. The van der Waals surface area contributed by atoms with E-state index in [2.05, 4.69) is 6.07 Å². The van der Waals surface area contributed by atoms with Gasteiger partial charge in [-0.25, -0.2) is 0 Å². The predicted molar refractivity (Wildman–Crippen MR) is 49.5 cm³/mol. The minimum absolute atomic E-state index is 0.518. The summed E-state index contributed by atoms with van der Waals surface area (Å²) in [6.07, 6.45) is 2.72. The summed E-state index contributed by atoms with van der Waals surface area (Å²) in [6.45, 7) is 0.945. The topological polar surface area (TPSA) is 12.5 Å². The van der Waals surface area contributed by atoms with Crippen molar-refractivity contribution in [1.82, 2.24) is 0 Å². The molecule has 1 aliphatic heterocycles. The van der Waals surface area contributed by atoms with Gasteiger partial charge in [0.15, 0.2) is 0 Å². The van der Waals surface area contributed by atoms with Crippen molar-refractivity contribution in [3.63, 3.8) is 0 Å². The second kappa shape index (κ2) is 3.46. The van der Waals surface area contributed by atoms with E-state index in [1.807, 2.05) is 18.2 Å². The first kappa shape index (κ1) is 8.09. The number of epoxide rings is 1. The van der Waals surface area contributed by atoms with E-state index in [0.29, 0.717) is 6.10 Å². The van der Waals surface area contributed by atoms with Gasteiger partial charge in [-0.15, -0.1) is 0 Å². The smallest absolute Gasteiger partial charge is 0.0813 e. The molecule has 0 aliphatic carbocycles. The van der Waals surface area contributed by atoms with E-state index in [0.717, 1.165) is 24.5 Å². The molecule has 1 saturated heterocycles. The largest absolute Gasteiger partial charge is 0.373 e. The molecule has 2 heteroatoms. The van der Waals surface area contributed by atoms with Gasteiger partial charge >= 0.3 is 0 Å². The van der Waals surface area contributed by atoms with Crippen LogP contribution in [0.25, 0.3) is 0 Å². The van der Waals surface area contributed by atoms with Crippen LogP contribution in [0.5, 0.6) is 0 Å². The molecule has 1 unspecified atom stereocenters. The van der Waals surface area contributed by atoms with Gasteiger partial charge in [0, 0.05) is 5.02 Å². The molecule has 1 aromatic rings. The normalized spacial score (nSPS) is 20.9. The lowest BCUT2D eigenvalue weighted by molar-refractivity contribution is 0.397. The molecule has 0 amide bonds. The fraction of sp³-hybridized carbons (Fsp3) is 0.400. The van der Waals surface area contributed by atoms with Crippen molar-refractivity contribution in [3.8, 4) is 0 Å². The molecule has 1 nitrogen and oxygen atoms in total. The van der Waals surface area contributed by atoms with Crippen molar-refractivity contribution in [3.05, 3.63) is 34.9 Å². The van der Waals surface area contributed by atoms with Crippen LogP contribution >= 0.6 is 11.6 Å². The lowest BCUT2D eigenvalue weighted by Gasteiger charge is -1.98. The van der Waals surface area contributed by atoms with Crippen molar-refractivity contribution in [2.45, 2.75) is 18.9 Å². The van der Waals surface area contributed by atoms with Crippen molar-refractivity contribution < 1.29 is 4.74 Å². The van der Waals surface area contributed by atoms with Crippen molar-refractivity contribution >= 4 is 11.6 Å². The van der Waals surface area contributed by atoms with Gasteiger partial charge in [0.25, 0.3) is 0 Å². The highest BCUT2D eigenvalue weighted by molar-refractivity contribution is 6.30. The van der Waals surface area contributed by atoms with E-state index in [-0.39, 0.29) is 0 Å². The Morgan fingerprint density at radius 2 is 2.33 bits per heavy atom. The van der Waals surface area contributed by atoms with Crippen molar-refractivity contribution in [1.29, 1.82) is 0 Å². The lowest BCUT2D eigenvalue weighted by atomic mass is 10.1. The van der Waals surface area contributed by atoms with Gasteiger partial charge in [0.1, 0.15) is 0 Å². The Labute approximate surface area is 77.3 Å². The summed E-state index contributed by atoms with van der Waals surface area (Å²) in [5.74, 6) is 0. The van der Waals surface area contributed by atoms with E-state index in [1.54, 1.807) is 0 Å². The molecule has 0 N–H and O–H groups in total. The van der Waals surface area contributed by atoms with E-state index in [9.17, 15) is 0 Å². The van der Waals surface area contributed by atoms with Crippen LogP contribution in [-0.4, -0.2) is 12.7 Å². The number of aryl methyl sites for hydroxylation is 1. The Kier molecular flexibility index (Phi) is 2.33. The van der Waals surface area contributed by atoms with Crippen LogP contribution in [0, 0.1) is 0 Å². The van der Waals surface area contributed by atoms with E-state index < -0.39 is 0 Å². The lowest BCUT2D eigenvalue weighted by Crippen LogP contribution is -1.90. The molecule has 1 aromatic carbocycles. The highest BCUT2D eigenvalue weighted by Crippen LogP contribution is 2.18. The van der Waals surface area contributed by atoms with Gasteiger partial charge in [0.05, 0.1) is 12.7 Å². The number of ether oxygens (including phenoxy) is 1. The van der Waals surface area contributed by atoms with Crippen LogP contribution in [0.4, 0.5) is 0 Å². The average molecular weight is 183 g/mol. The maximum Gasteiger partial charge on any atom is 0.0813 e. The zero-order valence-electron chi connectivity index (χ0n) is 6.79. The molecule has 2 rings (SSSR count). The molecular formula is C10H11ClO. The molecule has 0 bridgehead atoms. The summed E-state index contributed by atoms with van der Waals surface area (Å²) in [5, 5.41) is 0.823. The zero-order chi connectivity index (χ0) is 8.39. The molecule has 1 atom stereocenters. The summed E-state index contributed by atoms with van der Waals surface area (Å²) < 4.78 is 5.13. The molecule has 0 radical (unpaired) electrons. The minimum atomic E-state index is 0.518. The number of benzene rings is 1. The van der Waals surface area contributed by atoms with Gasteiger partial charge in [0.2, 0.25) is 0 Å². The third kappa shape index (κ3) is 2.23. The van der Waals surface area contributed by atoms with Crippen molar-refractivity contribution in [2.75, 3.05) is 6.61 Å². The average Bonchev–Trinajstić information content (AvgIpc) is 2.84. The van der Waals surface area contributed by atoms with Crippen LogP contribution in [-0.2, 0) is 11.2 Å². The summed E-state index contributed by atoms with van der Waals surface area (Å²) in [5.41, 5.74) is 1.30. The second-order valence-corrected chi connectivity index (χ2v) is 3.56. The Bertz CT molecular complexity index is 268. The molecule has 0 saturated carbocycles. The first-order valence-electron chi connectivity index (χ1n) is 4.20. The zero-order valence-corrected chi connectivity index (χ0v) is 7.55. The third-order valence-corrected chi connectivity index (χ3v) is 2.28. The SMILES string of the molecule is Clc1cccc(CCC2CO2)c1. The minimum Gasteiger partial charge on any atom is -0.373 e. The van der Waals surface area contributed by atoms with Gasteiger partial charge in [-0.05, 0) is 30.5 Å². The van der Waals surface area contributed by atoms with Gasteiger partial charge in [-0.3, -0.25) is 0 Å². The summed E-state index contributed by atoms with van der Waals surface area (Å²) in [6, 6.07) is 8.02. The van der Waals surface area contributed by atoms with Crippen LogP contribution in [0.3, 0.4) is 0 Å². The first-order valence-corrected chi connectivity index (χ1v) is 4.58. The van der Waals surface area contributed by atoms with Crippen LogP contribution < -0.4 is 0 Å². The Balaban J connectivity index is 1.92. The predicted octanol–water partition coefficient (Wildman–Crippen LogP) is 2.67. The van der Waals surface area contributed by atoms with Gasteiger partial charge < -0.3 is 4.74 Å². The Hall–Kier alpha value is -0.530. The number of hydrogen-bond acceptors (Lipinski definition) is 1. The highest BCUT2D eigenvalue weighted by Gasteiger charge is 2.21. The van der Waals surface area contributed by atoms with Crippen LogP contribution in [0.1, 0.15) is 12.0 Å². The first-order chi connectivity index (χ1) is 5.84. The fourth-order valence-corrected chi connectivity index (χ4v) is 1.47. The molecule has 1 aliphatic rings. The monoisotopic (exact) mass is 182 g/mol. The van der Waals surface area contributed by atoms with Crippen LogP contribution in [0.15, 0.2) is 24.3 Å². The molecule has 64 valence electrons. The molecule has 0 aromatic heterocycles. The molecule has 1 fully saturated rings. The second-order valence-electron chi connectivity index (χ2n) is 3.12. The quantitative estimate of drug-likeness (QED) is 0.655. The number of hydrogen-bond donors (Lipinski definition) is 0. The highest BCUT2D eigenvalue weighted by atomic mass is 35.5. The van der Waals surface area contributed by atoms with E-state index in [1.165, 1.54) is 5.56 Å². The molecular weight excluding hydrogens is 172 g/mol. The summed E-state index contributed by atoms with van der Waals surface area (Å²) >= 11 is 5.84. The number of halogens is 1. The number of rotatable bonds is 3. The van der Waals surface area contributed by atoms with Crippen LogP contribution in [0.2, 0.25) is 5.02 Å². The maximum absolute atomic E-state index is 5.84. The standard InChI is InChI=1S/C10H11ClO/c11-9-3-1-2-8(6-9)4-5-10-7-12-10/h1-3,6,10H,4-5,7H2. The van der Waals surface area contributed by atoms with E-state index >= 15 is 0 Å². The van der Waals surface area contributed by atoms with Gasteiger partial charge in [-0.1, -0.05) is 23.7 Å². The molecule has 12 heavy (non-hydrogen) atoms. The summed E-state index contributed by atoms with van der Waals surface area (Å²) in [4.78, 5) is 0. The molecule has 1 heterocycles.